The molecule has 2 aromatic rings. The molecule has 0 N–H and O–H groups in total. The van der Waals surface area contributed by atoms with E-state index in [0.29, 0.717) is 18.8 Å². The van der Waals surface area contributed by atoms with Crippen molar-refractivity contribution in [3.63, 3.8) is 0 Å². The molecule has 2 amide bonds. The number of ether oxygens (including phenoxy) is 1. The van der Waals surface area contributed by atoms with E-state index in [4.69, 9.17) is 4.74 Å². The molecular weight excluding hydrogens is 316 g/mol. The summed E-state index contributed by atoms with van der Waals surface area (Å²) in [4.78, 5) is 28.4. The molecule has 1 aliphatic heterocycles. The largest absolute Gasteiger partial charge is 0.481 e. The lowest BCUT2D eigenvalue weighted by atomic mass is 10.1. The second-order valence-electron chi connectivity index (χ2n) is 6.16. The van der Waals surface area contributed by atoms with Crippen molar-refractivity contribution in [2.75, 3.05) is 24.5 Å². The summed E-state index contributed by atoms with van der Waals surface area (Å²) < 4.78 is 5.68. The Balaban J connectivity index is 1.63. The predicted molar refractivity (Wildman–Crippen MR) is 96.6 cm³/mol. The van der Waals surface area contributed by atoms with Crippen LogP contribution in [0.2, 0.25) is 0 Å². The fourth-order valence-corrected chi connectivity index (χ4v) is 2.99. The van der Waals surface area contributed by atoms with Gasteiger partial charge in [0.2, 0.25) is 5.91 Å². The van der Waals surface area contributed by atoms with Crippen molar-refractivity contribution in [2.45, 2.75) is 20.0 Å². The number of rotatable bonds is 4. The van der Waals surface area contributed by atoms with Gasteiger partial charge in [-0.15, -0.1) is 0 Å². The van der Waals surface area contributed by atoms with E-state index in [1.807, 2.05) is 61.5 Å². The van der Waals surface area contributed by atoms with Gasteiger partial charge in [-0.25, -0.2) is 0 Å². The molecular formula is C20H22N2O3. The zero-order valence-electron chi connectivity index (χ0n) is 14.5. The first-order valence-corrected chi connectivity index (χ1v) is 8.43. The van der Waals surface area contributed by atoms with Gasteiger partial charge in [0, 0.05) is 18.8 Å². The Hall–Kier alpha value is -2.82. The van der Waals surface area contributed by atoms with E-state index in [1.54, 1.807) is 16.7 Å². The third kappa shape index (κ3) is 3.82. The Morgan fingerprint density at radius 3 is 2.40 bits per heavy atom. The number of carbonyl (C=O) groups is 2. The van der Waals surface area contributed by atoms with Crippen molar-refractivity contribution in [3.05, 3.63) is 60.2 Å². The van der Waals surface area contributed by atoms with Crippen LogP contribution in [0.15, 0.2) is 54.6 Å². The van der Waals surface area contributed by atoms with Gasteiger partial charge in [-0.3, -0.25) is 9.59 Å². The van der Waals surface area contributed by atoms with Gasteiger partial charge in [0.1, 0.15) is 12.3 Å². The molecule has 0 aliphatic carbocycles. The highest BCUT2D eigenvalue weighted by Crippen LogP contribution is 2.22. The number of anilines is 1. The van der Waals surface area contributed by atoms with Crippen LogP contribution in [0.5, 0.6) is 5.75 Å². The summed E-state index contributed by atoms with van der Waals surface area (Å²) >= 11 is 0. The summed E-state index contributed by atoms with van der Waals surface area (Å²) in [5.41, 5.74) is 1.96. The normalized spacial score (nSPS) is 15.8. The first-order valence-electron chi connectivity index (χ1n) is 8.43. The summed E-state index contributed by atoms with van der Waals surface area (Å²) in [6, 6.07) is 17.0. The van der Waals surface area contributed by atoms with Crippen molar-refractivity contribution >= 4 is 17.5 Å². The zero-order valence-corrected chi connectivity index (χ0v) is 14.5. The van der Waals surface area contributed by atoms with Crippen LogP contribution in [0.4, 0.5) is 5.69 Å². The van der Waals surface area contributed by atoms with Crippen molar-refractivity contribution in [1.82, 2.24) is 4.90 Å². The molecule has 0 unspecified atom stereocenters. The molecule has 5 heteroatoms. The summed E-state index contributed by atoms with van der Waals surface area (Å²) in [6.45, 7) is 4.77. The Kier molecular flexibility index (Phi) is 5.03. The monoisotopic (exact) mass is 338 g/mol. The molecule has 0 saturated carbocycles. The number of nitrogens with zero attached hydrogens (tertiary/aromatic N) is 2. The topological polar surface area (TPSA) is 49.9 Å². The van der Waals surface area contributed by atoms with E-state index in [-0.39, 0.29) is 18.4 Å². The number of benzene rings is 2. The molecule has 25 heavy (non-hydrogen) atoms. The lowest BCUT2D eigenvalue weighted by Gasteiger charge is -2.36. The molecule has 1 aliphatic rings. The van der Waals surface area contributed by atoms with Crippen LogP contribution in [0.25, 0.3) is 0 Å². The second-order valence-corrected chi connectivity index (χ2v) is 6.16. The highest BCUT2D eigenvalue weighted by molar-refractivity contribution is 5.98. The zero-order chi connectivity index (χ0) is 17.8. The quantitative estimate of drug-likeness (QED) is 0.861. The summed E-state index contributed by atoms with van der Waals surface area (Å²) in [5.74, 6) is 0.413. The van der Waals surface area contributed by atoms with Gasteiger partial charge in [-0.05, 0) is 37.6 Å². The average Bonchev–Trinajstić information content (AvgIpc) is 2.62. The van der Waals surface area contributed by atoms with Crippen LogP contribution < -0.4 is 9.64 Å². The van der Waals surface area contributed by atoms with Crippen LogP contribution >= 0.6 is 0 Å². The summed E-state index contributed by atoms with van der Waals surface area (Å²) in [6.07, 6.45) is -0.625. The number of amides is 2. The standard InChI is InChI=1S/C20H22N2O3/c1-15-8-6-7-11-18(15)22-13-12-21(14-19(22)23)20(24)16(2)25-17-9-4-3-5-10-17/h3-11,16H,12-14H2,1-2H3/t16-/m0/s1. The second kappa shape index (κ2) is 7.38. The molecule has 1 saturated heterocycles. The Bertz CT molecular complexity index is 761. The predicted octanol–water partition coefficient (Wildman–Crippen LogP) is 2.64. The van der Waals surface area contributed by atoms with Crippen LogP contribution in [-0.4, -0.2) is 42.5 Å². The van der Waals surface area contributed by atoms with Gasteiger partial charge < -0.3 is 14.5 Å². The lowest BCUT2D eigenvalue weighted by Crippen LogP contribution is -2.55. The Morgan fingerprint density at radius 2 is 1.72 bits per heavy atom. The van der Waals surface area contributed by atoms with Gasteiger partial charge in [-0.2, -0.15) is 0 Å². The van der Waals surface area contributed by atoms with E-state index >= 15 is 0 Å². The number of hydrogen-bond acceptors (Lipinski definition) is 3. The SMILES string of the molecule is Cc1ccccc1N1CCN(C(=O)[C@H](C)Oc2ccccc2)CC1=O. The maximum atomic E-state index is 12.6. The van der Waals surface area contributed by atoms with Crippen molar-refractivity contribution in [3.8, 4) is 5.75 Å². The van der Waals surface area contributed by atoms with Crippen molar-refractivity contribution in [2.24, 2.45) is 0 Å². The molecule has 130 valence electrons. The van der Waals surface area contributed by atoms with E-state index in [9.17, 15) is 9.59 Å². The first-order chi connectivity index (χ1) is 12.1. The highest BCUT2D eigenvalue weighted by Gasteiger charge is 2.31. The molecule has 5 nitrogen and oxygen atoms in total. The summed E-state index contributed by atoms with van der Waals surface area (Å²) in [7, 11) is 0. The van der Waals surface area contributed by atoms with E-state index in [1.165, 1.54) is 0 Å². The van der Waals surface area contributed by atoms with Gasteiger partial charge >= 0.3 is 0 Å². The number of para-hydroxylation sites is 2. The summed E-state index contributed by atoms with van der Waals surface area (Å²) in [5, 5.41) is 0. The van der Waals surface area contributed by atoms with E-state index < -0.39 is 6.10 Å². The van der Waals surface area contributed by atoms with Crippen molar-refractivity contribution in [1.29, 1.82) is 0 Å². The van der Waals surface area contributed by atoms with E-state index in [0.717, 1.165) is 11.3 Å². The first kappa shape index (κ1) is 17.0. The number of piperazine rings is 1. The van der Waals surface area contributed by atoms with Gasteiger partial charge in [0.15, 0.2) is 6.10 Å². The average molecular weight is 338 g/mol. The van der Waals surface area contributed by atoms with Crippen LogP contribution in [0.1, 0.15) is 12.5 Å². The minimum Gasteiger partial charge on any atom is -0.481 e. The van der Waals surface area contributed by atoms with Crippen molar-refractivity contribution < 1.29 is 14.3 Å². The maximum absolute atomic E-state index is 12.6. The third-order valence-electron chi connectivity index (χ3n) is 4.34. The fraction of sp³-hybridized carbons (Fsp3) is 0.300. The smallest absolute Gasteiger partial charge is 0.263 e. The van der Waals surface area contributed by atoms with Gasteiger partial charge in [0.05, 0.1) is 0 Å². The molecule has 0 radical (unpaired) electrons. The number of hydrogen-bond donors (Lipinski definition) is 0. The number of carbonyl (C=O) groups excluding carboxylic acids is 2. The van der Waals surface area contributed by atoms with Crippen LogP contribution in [0, 0.1) is 6.92 Å². The molecule has 1 fully saturated rings. The molecule has 0 spiro atoms. The van der Waals surface area contributed by atoms with Crippen LogP contribution in [0.3, 0.4) is 0 Å². The minimum atomic E-state index is -0.625. The fourth-order valence-electron chi connectivity index (χ4n) is 2.99. The third-order valence-corrected chi connectivity index (χ3v) is 4.34. The van der Waals surface area contributed by atoms with Crippen LogP contribution in [-0.2, 0) is 9.59 Å². The molecule has 0 bridgehead atoms. The Morgan fingerprint density at radius 1 is 1.04 bits per heavy atom. The molecule has 3 rings (SSSR count). The molecule has 1 heterocycles. The maximum Gasteiger partial charge on any atom is 0.263 e. The van der Waals surface area contributed by atoms with Gasteiger partial charge in [0.25, 0.3) is 5.91 Å². The minimum absolute atomic E-state index is 0.0687. The number of aryl methyl sites for hydroxylation is 1. The van der Waals surface area contributed by atoms with Gasteiger partial charge in [-0.1, -0.05) is 36.4 Å². The molecule has 2 aromatic carbocycles. The molecule has 1 atom stereocenters. The Labute approximate surface area is 147 Å². The highest BCUT2D eigenvalue weighted by atomic mass is 16.5. The van der Waals surface area contributed by atoms with E-state index in [2.05, 4.69) is 0 Å². The molecule has 0 aromatic heterocycles. The lowest BCUT2D eigenvalue weighted by molar-refractivity contribution is -0.142.